The van der Waals surface area contributed by atoms with Gasteiger partial charge in [0.2, 0.25) is 5.91 Å². The monoisotopic (exact) mass is 142 g/mol. The molecule has 0 atom stereocenters. The fourth-order valence-electron chi connectivity index (χ4n) is 0.987. The van der Waals surface area contributed by atoms with Crippen LogP contribution in [0.2, 0.25) is 0 Å². The molecule has 1 fully saturated rings. The highest BCUT2D eigenvalue weighted by Gasteiger charge is 2.41. The molecule has 0 unspecified atom stereocenters. The van der Waals surface area contributed by atoms with Gasteiger partial charge in [0.1, 0.15) is 0 Å². The Hall–Kier alpha value is -0.570. The molecule has 1 aliphatic carbocycles. The van der Waals surface area contributed by atoms with Crippen molar-refractivity contribution < 1.29 is 4.79 Å². The first-order valence-corrected chi connectivity index (χ1v) is 3.54. The Bertz CT molecular complexity index is 152. The number of primary amides is 1. The van der Waals surface area contributed by atoms with Gasteiger partial charge in [0.05, 0.1) is 6.54 Å². The van der Waals surface area contributed by atoms with Crippen molar-refractivity contribution in [3.05, 3.63) is 0 Å². The van der Waals surface area contributed by atoms with Crippen LogP contribution < -0.4 is 5.73 Å². The molecular weight excluding hydrogens is 128 g/mol. The maximum absolute atomic E-state index is 10.5. The van der Waals surface area contributed by atoms with Gasteiger partial charge in [-0.05, 0) is 26.8 Å². The van der Waals surface area contributed by atoms with Gasteiger partial charge >= 0.3 is 0 Å². The predicted octanol–water partition coefficient (Wildman–Crippen LogP) is -0.0440. The zero-order valence-electron chi connectivity index (χ0n) is 6.55. The van der Waals surface area contributed by atoms with Gasteiger partial charge in [-0.2, -0.15) is 0 Å². The molecule has 1 saturated carbocycles. The zero-order valence-corrected chi connectivity index (χ0v) is 6.55. The summed E-state index contributed by atoms with van der Waals surface area (Å²) in [5.41, 5.74) is 5.31. The Kier molecular flexibility index (Phi) is 1.68. The molecule has 0 aromatic rings. The largest absolute Gasteiger partial charge is 0.369 e. The lowest BCUT2D eigenvalue weighted by molar-refractivity contribution is -0.119. The van der Waals surface area contributed by atoms with Gasteiger partial charge in [-0.3, -0.25) is 9.69 Å². The number of carbonyl (C=O) groups excluding carboxylic acids is 1. The third-order valence-electron chi connectivity index (χ3n) is 2.29. The van der Waals surface area contributed by atoms with Gasteiger partial charge in [0.15, 0.2) is 0 Å². The van der Waals surface area contributed by atoms with E-state index in [2.05, 4.69) is 6.92 Å². The fourth-order valence-corrected chi connectivity index (χ4v) is 0.987. The Morgan fingerprint density at radius 3 is 2.50 bits per heavy atom. The van der Waals surface area contributed by atoms with Crippen LogP contribution in [0.5, 0.6) is 0 Å². The Morgan fingerprint density at radius 2 is 2.20 bits per heavy atom. The van der Waals surface area contributed by atoms with E-state index in [1.165, 1.54) is 12.8 Å². The Morgan fingerprint density at radius 1 is 1.70 bits per heavy atom. The molecule has 0 bridgehead atoms. The summed E-state index contributed by atoms with van der Waals surface area (Å²) in [7, 11) is 1.94. The SMILES string of the molecule is CN(CC(N)=O)C1(C)CC1. The predicted molar refractivity (Wildman–Crippen MR) is 39.5 cm³/mol. The minimum atomic E-state index is -0.240. The summed E-state index contributed by atoms with van der Waals surface area (Å²) in [6.45, 7) is 2.53. The maximum atomic E-state index is 10.5. The first kappa shape index (κ1) is 7.54. The molecule has 0 radical (unpaired) electrons. The highest BCUT2D eigenvalue weighted by molar-refractivity contribution is 5.76. The van der Waals surface area contributed by atoms with Crippen molar-refractivity contribution in [3.63, 3.8) is 0 Å². The molecule has 1 amide bonds. The van der Waals surface area contributed by atoms with Crippen LogP contribution in [-0.4, -0.2) is 29.9 Å². The average molecular weight is 142 g/mol. The topological polar surface area (TPSA) is 46.3 Å². The molecule has 2 N–H and O–H groups in total. The van der Waals surface area contributed by atoms with Crippen molar-refractivity contribution in [1.29, 1.82) is 0 Å². The minimum Gasteiger partial charge on any atom is -0.369 e. The third kappa shape index (κ3) is 1.48. The lowest BCUT2D eigenvalue weighted by Gasteiger charge is -2.21. The second-order valence-electron chi connectivity index (χ2n) is 3.32. The standard InChI is InChI=1S/C7H14N2O/c1-7(3-4-7)9(2)5-6(8)10/h3-5H2,1-2H3,(H2,8,10). The zero-order chi connectivity index (χ0) is 7.78. The number of carbonyl (C=O) groups is 1. The molecule has 0 aliphatic heterocycles. The molecule has 0 saturated heterocycles. The summed E-state index contributed by atoms with van der Waals surface area (Å²) >= 11 is 0. The summed E-state index contributed by atoms with van der Waals surface area (Å²) in [6, 6.07) is 0. The number of hydrogen-bond donors (Lipinski definition) is 1. The molecule has 58 valence electrons. The minimum absolute atomic E-state index is 0.240. The van der Waals surface area contributed by atoms with Crippen molar-refractivity contribution in [2.45, 2.75) is 25.3 Å². The molecule has 0 spiro atoms. The van der Waals surface area contributed by atoms with Crippen molar-refractivity contribution in [2.75, 3.05) is 13.6 Å². The van der Waals surface area contributed by atoms with E-state index >= 15 is 0 Å². The number of amides is 1. The Labute approximate surface area is 61.2 Å². The molecular formula is C7H14N2O. The molecule has 0 aromatic carbocycles. The maximum Gasteiger partial charge on any atom is 0.231 e. The molecule has 1 aliphatic rings. The van der Waals surface area contributed by atoms with E-state index in [1.54, 1.807) is 0 Å². The van der Waals surface area contributed by atoms with Crippen LogP contribution in [-0.2, 0) is 4.79 Å². The van der Waals surface area contributed by atoms with Crippen LogP contribution in [0.25, 0.3) is 0 Å². The van der Waals surface area contributed by atoms with Crippen LogP contribution in [0.4, 0.5) is 0 Å². The van der Waals surface area contributed by atoms with Crippen LogP contribution in [0.1, 0.15) is 19.8 Å². The van der Waals surface area contributed by atoms with Crippen molar-refractivity contribution in [3.8, 4) is 0 Å². The van der Waals surface area contributed by atoms with E-state index in [-0.39, 0.29) is 11.4 Å². The lowest BCUT2D eigenvalue weighted by atomic mass is 10.3. The normalized spacial score (nSPS) is 21.1. The van der Waals surface area contributed by atoms with E-state index in [0.29, 0.717) is 6.54 Å². The smallest absolute Gasteiger partial charge is 0.231 e. The summed E-state index contributed by atoms with van der Waals surface area (Å²) < 4.78 is 0. The summed E-state index contributed by atoms with van der Waals surface area (Å²) in [5, 5.41) is 0. The van der Waals surface area contributed by atoms with Gasteiger partial charge in [-0.25, -0.2) is 0 Å². The number of hydrogen-bond acceptors (Lipinski definition) is 2. The van der Waals surface area contributed by atoms with Crippen molar-refractivity contribution >= 4 is 5.91 Å². The molecule has 1 rings (SSSR count). The summed E-state index contributed by atoms with van der Waals surface area (Å²) in [4.78, 5) is 12.5. The highest BCUT2D eigenvalue weighted by atomic mass is 16.1. The second kappa shape index (κ2) is 2.23. The number of nitrogens with zero attached hydrogens (tertiary/aromatic N) is 1. The quantitative estimate of drug-likeness (QED) is 0.601. The van der Waals surface area contributed by atoms with E-state index in [4.69, 9.17) is 5.73 Å². The fraction of sp³-hybridized carbons (Fsp3) is 0.857. The summed E-state index contributed by atoms with van der Waals surface area (Å²) in [6.07, 6.45) is 2.38. The molecule has 0 aromatic heterocycles. The number of likely N-dealkylation sites (N-methyl/N-ethyl adjacent to an activating group) is 1. The van der Waals surface area contributed by atoms with Crippen LogP contribution >= 0.6 is 0 Å². The first-order valence-electron chi connectivity index (χ1n) is 3.54. The van der Waals surface area contributed by atoms with E-state index in [9.17, 15) is 4.79 Å². The highest BCUT2D eigenvalue weighted by Crippen LogP contribution is 2.39. The average Bonchev–Trinajstić information content (AvgIpc) is 2.47. The van der Waals surface area contributed by atoms with Gasteiger partial charge in [0, 0.05) is 5.54 Å². The second-order valence-corrected chi connectivity index (χ2v) is 3.32. The van der Waals surface area contributed by atoms with Crippen molar-refractivity contribution in [2.24, 2.45) is 5.73 Å². The molecule has 3 nitrogen and oxygen atoms in total. The Balaban J connectivity index is 2.34. The van der Waals surface area contributed by atoms with E-state index in [0.717, 1.165) is 0 Å². The van der Waals surface area contributed by atoms with Gasteiger partial charge in [0.25, 0.3) is 0 Å². The van der Waals surface area contributed by atoms with Crippen LogP contribution in [0.3, 0.4) is 0 Å². The molecule has 3 heteroatoms. The lowest BCUT2D eigenvalue weighted by Crippen LogP contribution is -2.38. The number of nitrogens with two attached hydrogens (primary N) is 1. The van der Waals surface area contributed by atoms with E-state index in [1.807, 2.05) is 11.9 Å². The molecule has 0 heterocycles. The third-order valence-corrected chi connectivity index (χ3v) is 2.29. The van der Waals surface area contributed by atoms with Crippen LogP contribution in [0, 0.1) is 0 Å². The molecule has 10 heavy (non-hydrogen) atoms. The van der Waals surface area contributed by atoms with E-state index < -0.39 is 0 Å². The first-order chi connectivity index (χ1) is 4.54. The van der Waals surface area contributed by atoms with Crippen molar-refractivity contribution in [1.82, 2.24) is 4.90 Å². The van der Waals surface area contributed by atoms with Gasteiger partial charge < -0.3 is 5.73 Å². The van der Waals surface area contributed by atoms with Gasteiger partial charge in [-0.15, -0.1) is 0 Å². The van der Waals surface area contributed by atoms with Gasteiger partial charge in [-0.1, -0.05) is 0 Å². The number of rotatable bonds is 3. The van der Waals surface area contributed by atoms with Crippen LogP contribution in [0.15, 0.2) is 0 Å². The summed E-state index contributed by atoms with van der Waals surface area (Å²) in [5.74, 6) is -0.240.